The summed E-state index contributed by atoms with van der Waals surface area (Å²) in [6.45, 7) is 0.383. The van der Waals surface area contributed by atoms with Gasteiger partial charge >= 0.3 is 0 Å². The molecule has 0 saturated heterocycles. The van der Waals surface area contributed by atoms with Crippen LogP contribution in [0, 0.1) is 23.4 Å². The number of aromatic nitrogens is 2. The lowest BCUT2D eigenvalue weighted by Gasteiger charge is -2.28. The van der Waals surface area contributed by atoms with Crippen LogP contribution in [0.1, 0.15) is 47.6 Å². The van der Waals surface area contributed by atoms with Crippen molar-refractivity contribution < 1.29 is 27.4 Å². The smallest absolute Gasteiger partial charge is 0.251 e. The van der Waals surface area contributed by atoms with Gasteiger partial charge in [0.05, 0.1) is 18.7 Å². The van der Waals surface area contributed by atoms with E-state index in [-0.39, 0.29) is 29.9 Å². The zero-order chi connectivity index (χ0) is 26.6. The lowest BCUT2D eigenvalue weighted by atomic mass is 9.86. The third-order valence-corrected chi connectivity index (χ3v) is 7.03. The zero-order valence-electron chi connectivity index (χ0n) is 20.9. The predicted molar refractivity (Wildman–Crippen MR) is 137 cm³/mol. The van der Waals surface area contributed by atoms with Gasteiger partial charge in [0.1, 0.15) is 18.2 Å². The van der Waals surface area contributed by atoms with E-state index in [9.17, 15) is 18.0 Å². The maximum atomic E-state index is 14.6. The maximum Gasteiger partial charge on any atom is 0.251 e. The van der Waals surface area contributed by atoms with E-state index >= 15 is 0 Å². The molecule has 1 aliphatic rings. The lowest BCUT2D eigenvalue weighted by molar-refractivity contribution is 0.0940. The van der Waals surface area contributed by atoms with Gasteiger partial charge in [0.25, 0.3) is 5.91 Å². The molecule has 0 aliphatic heterocycles. The van der Waals surface area contributed by atoms with Gasteiger partial charge in [-0.15, -0.1) is 0 Å². The Morgan fingerprint density at radius 3 is 2.39 bits per heavy atom. The van der Waals surface area contributed by atoms with Crippen molar-refractivity contribution in [2.45, 2.75) is 38.3 Å². The fraction of sp³-hybridized carbons (Fsp3) is 0.310. The monoisotopic (exact) mass is 523 g/mol. The van der Waals surface area contributed by atoms with Crippen molar-refractivity contribution in [2.24, 2.45) is 5.92 Å². The van der Waals surface area contributed by atoms with Crippen LogP contribution in [0.2, 0.25) is 0 Å². The van der Waals surface area contributed by atoms with Gasteiger partial charge in [0.2, 0.25) is 0 Å². The molecule has 0 radical (unpaired) electrons. The van der Waals surface area contributed by atoms with Gasteiger partial charge in [-0.3, -0.25) is 9.48 Å². The number of nitrogens with one attached hydrogen (secondary N) is 1. The molecule has 9 heteroatoms. The quantitative estimate of drug-likeness (QED) is 0.299. The SMILES string of the molecule is COc1ccc(COc2c(F)cc(C(=O)NC[C@H]3CC[C@H](n4cc5ccc(F)cc5n4)CC3)cc2F)cc1. The first-order chi connectivity index (χ1) is 18.4. The van der Waals surface area contributed by atoms with E-state index in [4.69, 9.17) is 9.47 Å². The van der Waals surface area contributed by atoms with E-state index in [1.54, 1.807) is 37.4 Å². The number of halogens is 3. The summed E-state index contributed by atoms with van der Waals surface area (Å²) in [7, 11) is 1.55. The summed E-state index contributed by atoms with van der Waals surface area (Å²) in [6.07, 6.45) is 5.43. The molecule has 0 atom stereocenters. The van der Waals surface area contributed by atoms with Crippen LogP contribution < -0.4 is 14.8 Å². The molecule has 1 fully saturated rings. The molecule has 1 amide bonds. The molecule has 1 N–H and O–H groups in total. The van der Waals surface area contributed by atoms with E-state index in [0.29, 0.717) is 17.8 Å². The second-order valence-electron chi connectivity index (χ2n) is 9.60. The van der Waals surface area contributed by atoms with Crippen LogP contribution >= 0.6 is 0 Å². The van der Waals surface area contributed by atoms with E-state index in [1.165, 1.54) is 12.1 Å². The summed E-state index contributed by atoms with van der Waals surface area (Å²) in [6, 6.07) is 13.7. The van der Waals surface area contributed by atoms with Gasteiger partial charge < -0.3 is 14.8 Å². The summed E-state index contributed by atoms with van der Waals surface area (Å²) in [5, 5.41) is 8.22. The number of hydrogen-bond donors (Lipinski definition) is 1. The normalized spacial score (nSPS) is 17.4. The van der Waals surface area contributed by atoms with E-state index in [2.05, 4.69) is 10.4 Å². The molecule has 0 spiro atoms. The number of carbonyl (C=O) groups excluding carboxylic acids is 1. The molecule has 4 aromatic rings. The fourth-order valence-electron chi connectivity index (χ4n) is 4.85. The Labute approximate surface area is 218 Å². The standard InChI is InChI=1S/C29H28F3N3O3/c1-37-24-10-4-19(5-11-24)17-38-28-25(31)12-21(13-26(28)32)29(36)33-15-18-2-8-23(9-3-18)35-16-20-6-7-22(30)14-27(20)34-35/h4-7,10-14,16,18,23H,2-3,8-9,15,17H2,1H3,(H,33,36)/t18-,23-. The molecule has 6 nitrogen and oxygen atoms in total. The van der Waals surface area contributed by atoms with Crippen molar-refractivity contribution in [1.29, 1.82) is 0 Å². The third-order valence-electron chi connectivity index (χ3n) is 7.03. The molecule has 1 saturated carbocycles. The van der Waals surface area contributed by atoms with Crippen LogP contribution in [0.25, 0.3) is 10.9 Å². The van der Waals surface area contributed by atoms with Gasteiger partial charge in [-0.05, 0) is 73.6 Å². The zero-order valence-corrected chi connectivity index (χ0v) is 20.9. The van der Waals surface area contributed by atoms with Crippen LogP contribution in [-0.4, -0.2) is 29.3 Å². The molecule has 1 aromatic heterocycles. The number of carbonyl (C=O) groups is 1. The predicted octanol–water partition coefficient (Wildman–Crippen LogP) is 6.20. The summed E-state index contributed by atoms with van der Waals surface area (Å²) >= 11 is 0. The Kier molecular flexibility index (Phi) is 7.53. The highest BCUT2D eigenvalue weighted by Crippen LogP contribution is 2.32. The lowest BCUT2D eigenvalue weighted by Crippen LogP contribution is -2.32. The van der Waals surface area contributed by atoms with Gasteiger partial charge in [0, 0.05) is 29.8 Å². The number of rotatable bonds is 8. The highest BCUT2D eigenvalue weighted by atomic mass is 19.1. The Bertz CT molecular complexity index is 1410. The summed E-state index contributed by atoms with van der Waals surface area (Å²) < 4.78 is 55.0. The van der Waals surface area contributed by atoms with Crippen molar-refractivity contribution in [3.8, 4) is 11.5 Å². The second-order valence-corrected chi connectivity index (χ2v) is 9.60. The van der Waals surface area contributed by atoms with Crippen LogP contribution in [0.5, 0.6) is 11.5 Å². The largest absolute Gasteiger partial charge is 0.497 e. The van der Waals surface area contributed by atoms with Crippen molar-refractivity contribution >= 4 is 16.8 Å². The van der Waals surface area contributed by atoms with Crippen molar-refractivity contribution in [3.63, 3.8) is 0 Å². The van der Waals surface area contributed by atoms with Gasteiger partial charge in [-0.25, -0.2) is 13.2 Å². The van der Waals surface area contributed by atoms with E-state index < -0.39 is 23.3 Å². The van der Waals surface area contributed by atoms with Crippen LogP contribution in [0.4, 0.5) is 13.2 Å². The minimum absolute atomic E-state index is 0.0303. The molecule has 1 heterocycles. The fourth-order valence-corrected chi connectivity index (χ4v) is 4.85. The number of ether oxygens (including phenoxy) is 2. The number of amides is 1. The molecule has 198 valence electrons. The first-order valence-corrected chi connectivity index (χ1v) is 12.6. The number of hydrogen-bond acceptors (Lipinski definition) is 4. The van der Waals surface area contributed by atoms with Crippen molar-refractivity contribution in [3.05, 3.63) is 89.4 Å². The van der Waals surface area contributed by atoms with Crippen molar-refractivity contribution in [2.75, 3.05) is 13.7 Å². The summed E-state index contributed by atoms with van der Waals surface area (Å²) in [4.78, 5) is 12.6. The third kappa shape index (κ3) is 5.77. The first kappa shape index (κ1) is 25.6. The molecule has 3 aromatic carbocycles. The molecule has 5 rings (SSSR count). The molecule has 38 heavy (non-hydrogen) atoms. The second kappa shape index (κ2) is 11.2. The van der Waals surface area contributed by atoms with Gasteiger partial charge in [-0.2, -0.15) is 5.10 Å². The van der Waals surface area contributed by atoms with E-state index in [0.717, 1.165) is 48.8 Å². The molecular formula is C29H28F3N3O3. The van der Waals surface area contributed by atoms with Crippen LogP contribution in [0.15, 0.2) is 60.8 Å². The van der Waals surface area contributed by atoms with Crippen molar-refractivity contribution in [1.82, 2.24) is 15.1 Å². The maximum absolute atomic E-state index is 14.6. The van der Waals surface area contributed by atoms with E-state index in [1.807, 2.05) is 10.9 Å². The molecule has 0 bridgehead atoms. The van der Waals surface area contributed by atoms with Gasteiger partial charge in [-0.1, -0.05) is 12.1 Å². The van der Waals surface area contributed by atoms with Crippen LogP contribution in [-0.2, 0) is 6.61 Å². The summed E-state index contributed by atoms with van der Waals surface area (Å²) in [5.74, 6) is -2.32. The molecular weight excluding hydrogens is 495 g/mol. The minimum atomic E-state index is -0.935. The average molecular weight is 524 g/mol. The highest BCUT2D eigenvalue weighted by molar-refractivity contribution is 5.94. The topological polar surface area (TPSA) is 65.4 Å². The Morgan fingerprint density at radius 1 is 1.00 bits per heavy atom. The molecule has 1 aliphatic carbocycles. The van der Waals surface area contributed by atoms with Crippen LogP contribution in [0.3, 0.4) is 0 Å². The minimum Gasteiger partial charge on any atom is -0.497 e. The number of methoxy groups -OCH3 is 1. The Balaban J connectivity index is 1.12. The Hall–Kier alpha value is -4.01. The number of benzene rings is 3. The first-order valence-electron chi connectivity index (χ1n) is 12.6. The average Bonchev–Trinajstić information content (AvgIpc) is 3.35. The molecule has 0 unspecified atom stereocenters. The highest BCUT2D eigenvalue weighted by Gasteiger charge is 2.24. The Morgan fingerprint density at radius 2 is 1.71 bits per heavy atom. The van der Waals surface area contributed by atoms with Gasteiger partial charge in [0.15, 0.2) is 17.4 Å². The number of fused-ring (bicyclic) bond motifs is 1. The summed E-state index contributed by atoms with van der Waals surface area (Å²) in [5.41, 5.74) is 1.26. The number of nitrogens with zero attached hydrogens (tertiary/aromatic N) is 2.